The second-order valence-corrected chi connectivity index (χ2v) is 4.88. The maximum Gasteiger partial charge on any atom is 0.213 e. The monoisotopic (exact) mass is 270 g/mol. The molecule has 2 rings (SSSR count). The average Bonchev–Trinajstić information content (AvgIpc) is 2.52. The van der Waals surface area contributed by atoms with Gasteiger partial charge in [0.2, 0.25) is 5.88 Å². The summed E-state index contributed by atoms with van der Waals surface area (Å²) in [6.45, 7) is 5.89. The lowest BCUT2D eigenvalue weighted by Crippen LogP contribution is -2.19. The van der Waals surface area contributed by atoms with Crippen LogP contribution in [0.4, 0.5) is 0 Å². The molecule has 1 aromatic carbocycles. The normalized spacial score (nSPS) is 12.1. The van der Waals surface area contributed by atoms with Crippen LogP contribution in [0.5, 0.6) is 5.88 Å². The third kappa shape index (κ3) is 4.35. The van der Waals surface area contributed by atoms with Gasteiger partial charge < -0.3 is 10.1 Å². The van der Waals surface area contributed by atoms with Gasteiger partial charge in [-0.25, -0.2) is 4.98 Å². The molecular formula is C17H22N2O. The number of nitrogens with zero attached hydrogens (tertiary/aromatic N) is 1. The lowest BCUT2D eigenvalue weighted by molar-refractivity contribution is 0.293. The third-order valence-corrected chi connectivity index (χ3v) is 3.19. The minimum absolute atomic E-state index is 0.317. The van der Waals surface area contributed by atoms with E-state index in [1.165, 1.54) is 5.56 Å². The number of nitrogens with one attached hydrogen (secondary N) is 1. The highest BCUT2D eigenvalue weighted by atomic mass is 16.5. The molecule has 1 heterocycles. The van der Waals surface area contributed by atoms with Crippen molar-refractivity contribution in [2.75, 3.05) is 6.54 Å². The Morgan fingerprint density at radius 2 is 2.00 bits per heavy atom. The van der Waals surface area contributed by atoms with Gasteiger partial charge in [-0.15, -0.1) is 0 Å². The van der Waals surface area contributed by atoms with Crippen LogP contribution in [-0.2, 0) is 6.61 Å². The van der Waals surface area contributed by atoms with Crippen molar-refractivity contribution >= 4 is 0 Å². The number of hydrogen-bond acceptors (Lipinski definition) is 3. The predicted molar refractivity (Wildman–Crippen MR) is 81.7 cm³/mol. The first-order valence-electron chi connectivity index (χ1n) is 7.15. The van der Waals surface area contributed by atoms with E-state index in [9.17, 15) is 0 Å². The van der Waals surface area contributed by atoms with E-state index in [0.717, 1.165) is 18.5 Å². The van der Waals surface area contributed by atoms with Crippen molar-refractivity contribution in [1.29, 1.82) is 0 Å². The summed E-state index contributed by atoms with van der Waals surface area (Å²) < 4.78 is 5.75. The zero-order valence-electron chi connectivity index (χ0n) is 12.2. The zero-order valence-corrected chi connectivity index (χ0v) is 12.2. The number of benzene rings is 1. The summed E-state index contributed by atoms with van der Waals surface area (Å²) in [5.74, 6) is 0.677. The Morgan fingerprint density at radius 3 is 2.75 bits per heavy atom. The molecule has 0 aliphatic carbocycles. The third-order valence-electron chi connectivity index (χ3n) is 3.19. The largest absolute Gasteiger partial charge is 0.473 e. The Hall–Kier alpha value is -1.87. The molecule has 0 saturated heterocycles. The molecule has 0 fully saturated rings. The van der Waals surface area contributed by atoms with Crippen LogP contribution in [0.2, 0.25) is 0 Å². The van der Waals surface area contributed by atoms with Crippen molar-refractivity contribution in [3.05, 3.63) is 59.8 Å². The minimum atomic E-state index is 0.317. The van der Waals surface area contributed by atoms with Crippen LogP contribution in [0, 0.1) is 0 Å². The molecule has 3 nitrogen and oxygen atoms in total. The molecule has 3 heteroatoms. The fraction of sp³-hybridized carbons (Fsp3) is 0.353. The van der Waals surface area contributed by atoms with Crippen molar-refractivity contribution in [1.82, 2.24) is 10.3 Å². The number of rotatable bonds is 7. The number of aromatic nitrogens is 1. The van der Waals surface area contributed by atoms with Gasteiger partial charge in [0.1, 0.15) is 6.61 Å². The molecule has 1 atom stereocenters. The van der Waals surface area contributed by atoms with Gasteiger partial charge in [-0.05, 0) is 37.1 Å². The Balaban J connectivity index is 1.95. The number of pyridine rings is 1. The lowest BCUT2D eigenvalue weighted by Gasteiger charge is -2.14. The smallest absolute Gasteiger partial charge is 0.213 e. The summed E-state index contributed by atoms with van der Waals surface area (Å²) >= 11 is 0. The van der Waals surface area contributed by atoms with E-state index < -0.39 is 0 Å². The summed E-state index contributed by atoms with van der Waals surface area (Å²) in [6, 6.07) is 14.5. The molecule has 1 N–H and O–H groups in total. The van der Waals surface area contributed by atoms with Gasteiger partial charge in [-0.1, -0.05) is 37.3 Å². The average molecular weight is 270 g/mol. The molecule has 1 aromatic heterocycles. The maximum absolute atomic E-state index is 5.75. The van der Waals surface area contributed by atoms with E-state index >= 15 is 0 Å². The van der Waals surface area contributed by atoms with Crippen molar-refractivity contribution in [3.8, 4) is 5.88 Å². The molecule has 1 unspecified atom stereocenters. The highest BCUT2D eigenvalue weighted by Gasteiger charge is 2.06. The Kier molecular flexibility index (Phi) is 5.56. The second-order valence-electron chi connectivity index (χ2n) is 4.88. The van der Waals surface area contributed by atoms with Crippen molar-refractivity contribution in [2.24, 2.45) is 0 Å². The predicted octanol–water partition coefficient (Wildman–Crippen LogP) is 3.72. The zero-order chi connectivity index (χ0) is 14.2. The van der Waals surface area contributed by atoms with Crippen LogP contribution in [0.1, 0.15) is 37.4 Å². The second kappa shape index (κ2) is 7.65. The molecule has 0 spiro atoms. The van der Waals surface area contributed by atoms with Crippen LogP contribution in [0.25, 0.3) is 0 Å². The highest BCUT2D eigenvalue weighted by molar-refractivity contribution is 5.24. The molecule has 0 aliphatic heterocycles. The van der Waals surface area contributed by atoms with Gasteiger partial charge in [0.15, 0.2) is 0 Å². The summed E-state index contributed by atoms with van der Waals surface area (Å²) in [6.07, 6.45) is 2.94. The number of hydrogen-bond donors (Lipinski definition) is 1. The first-order valence-corrected chi connectivity index (χ1v) is 7.15. The molecule has 0 aliphatic rings. The Morgan fingerprint density at radius 1 is 1.20 bits per heavy atom. The van der Waals surface area contributed by atoms with E-state index in [0.29, 0.717) is 18.5 Å². The molecule has 0 amide bonds. The summed E-state index contributed by atoms with van der Waals surface area (Å²) in [4.78, 5) is 4.27. The van der Waals surface area contributed by atoms with E-state index in [1.807, 2.05) is 30.3 Å². The molecule has 2 aromatic rings. The fourth-order valence-corrected chi connectivity index (χ4v) is 1.98. The molecule has 20 heavy (non-hydrogen) atoms. The standard InChI is InChI=1S/C17H22N2O/c1-3-10-18-14(2)16-9-11-19-17(12-16)20-13-15-7-5-4-6-8-15/h4-9,11-12,14,18H,3,10,13H2,1-2H3. The Labute approximate surface area is 121 Å². The van der Waals surface area contributed by atoms with Gasteiger partial charge in [0, 0.05) is 18.3 Å². The number of ether oxygens (including phenoxy) is 1. The Bertz CT molecular complexity index is 513. The first-order chi connectivity index (χ1) is 9.79. The summed E-state index contributed by atoms with van der Waals surface area (Å²) in [5, 5.41) is 3.47. The van der Waals surface area contributed by atoms with Crippen molar-refractivity contribution in [2.45, 2.75) is 32.9 Å². The fourth-order valence-electron chi connectivity index (χ4n) is 1.98. The topological polar surface area (TPSA) is 34.2 Å². The van der Waals surface area contributed by atoms with E-state index in [1.54, 1.807) is 6.20 Å². The maximum atomic E-state index is 5.75. The molecule has 106 valence electrons. The van der Waals surface area contributed by atoms with Gasteiger partial charge in [0.05, 0.1) is 0 Å². The first kappa shape index (κ1) is 14.5. The van der Waals surface area contributed by atoms with Crippen LogP contribution < -0.4 is 10.1 Å². The minimum Gasteiger partial charge on any atom is -0.473 e. The van der Waals surface area contributed by atoms with Crippen LogP contribution in [0.3, 0.4) is 0 Å². The quantitative estimate of drug-likeness (QED) is 0.832. The summed E-state index contributed by atoms with van der Waals surface area (Å²) in [5.41, 5.74) is 2.35. The van der Waals surface area contributed by atoms with E-state index in [2.05, 4.69) is 36.3 Å². The van der Waals surface area contributed by atoms with Gasteiger partial charge in [0.25, 0.3) is 0 Å². The van der Waals surface area contributed by atoms with Gasteiger partial charge >= 0.3 is 0 Å². The summed E-state index contributed by atoms with van der Waals surface area (Å²) in [7, 11) is 0. The van der Waals surface area contributed by atoms with Crippen molar-refractivity contribution in [3.63, 3.8) is 0 Å². The molecule has 0 radical (unpaired) electrons. The van der Waals surface area contributed by atoms with Crippen molar-refractivity contribution < 1.29 is 4.74 Å². The lowest BCUT2D eigenvalue weighted by atomic mass is 10.1. The van der Waals surface area contributed by atoms with E-state index in [-0.39, 0.29) is 0 Å². The molecule has 0 saturated carbocycles. The van der Waals surface area contributed by atoms with E-state index in [4.69, 9.17) is 4.74 Å². The molecular weight excluding hydrogens is 248 g/mol. The SMILES string of the molecule is CCCNC(C)c1ccnc(OCc2ccccc2)c1. The van der Waals surface area contributed by atoms with Crippen LogP contribution in [-0.4, -0.2) is 11.5 Å². The highest BCUT2D eigenvalue weighted by Crippen LogP contribution is 2.17. The van der Waals surface area contributed by atoms with Crippen LogP contribution in [0.15, 0.2) is 48.7 Å². The molecule has 0 bridgehead atoms. The van der Waals surface area contributed by atoms with Crippen LogP contribution >= 0.6 is 0 Å². The van der Waals surface area contributed by atoms with Gasteiger partial charge in [-0.2, -0.15) is 0 Å². The van der Waals surface area contributed by atoms with Gasteiger partial charge in [-0.3, -0.25) is 0 Å².